The van der Waals surface area contributed by atoms with E-state index < -0.39 is 0 Å². The van der Waals surface area contributed by atoms with E-state index in [1.165, 1.54) is 0 Å². The molecule has 0 amide bonds. The molecule has 0 unspecified atom stereocenters. The van der Waals surface area contributed by atoms with Crippen molar-refractivity contribution in [3.63, 3.8) is 0 Å². The summed E-state index contributed by atoms with van der Waals surface area (Å²) < 4.78 is 33.3. The maximum absolute atomic E-state index is 5.90. The summed E-state index contributed by atoms with van der Waals surface area (Å²) in [5, 5.41) is 0. The molecule has 0 fully saturated rings. The molecule has 2 aromatic rings. The Bertz CT molecular complexity index is 725. The Balaban J connectivity index is 1.88. The van der Waals surface area contributed by atoms with Gasteiger partial charge in [0.2, 0.25) is 29.8 Å². The van der Waals surface area contributed by atoms with E-state index in [2.05, 4.69) is 0 Å². The Hall–Kier alpha value is -2.76. The van der Waals surface area contributed by atoms with Crippen LogP contribution in [0.2, 0.25) is 0 Å². The zero-order valence-corrected chi connectivity index (χ0v) is 11.5. The van der Waals surface area contributed by atoms with Crippen LogP contribution in [0, 0.1) is 0 Å². The molecule has 21 heavy (non-hydrogen) atoms. The van der Waals surface area contributed by atoms with Gasteiger partial charge >= 0.3 is 0 Å². The number of hydrogen-bond donors (Lipinski definition) is 0. The molecule has 2 heterocycles. The lowest BCUT2D eigenvalue weighted by Gasteiger charge is -2.23. The molecular weight excluding hydrogens is 276 g/mol. The molecule has 0 aliphatic carbocycles. The van der Waals surface area contributed by atoms with E-state index in [9.17, 15) is 0 Å². The van der Waals surface area contributed by atoms with Crippen molar-refractivity contribution in [3.8, 4) is 46.0 Å². The van der Waals surface area contributed by atoms with Crippen LogP contribution in [0.1, 0.15) is 0 Å². The summed E-state index contributed by atoms with van der Waals surface area (Å²) in [5.74, 6) is 4.18. The Morgan fingerprint density at radius 3 is 2.38 bits per heavy atom. The van der Waals surface area contributed by atoms with Crippen molar-refractivity contribution < 1.29 is 28.4 Å². The summed E-state index contributed by atoms with van der Waals surface area (Å²) in [5.41, 5.74) is 0. The maximum Gasteiger partial charge on any atom is 0.231 e. The molecule has 0 aromatic heterocycles. The van der Waals surface area contributed by atoms with Gasteiger partial charge in [-0.1, -0.05) is 6.07 Å². The van der Waals surface area contributed by atoms with Crippen molar-refractivity contribution in [2.45, 2.75) is 0 Å². The third-order valence-corrected chi connectivity index (χ3v) is 3.34. The largest absolute Gasteiger partial charge is 0.493 e. The van der Waals surface area contributed by atoms with Crippen molar-refractivity contribution in [1.29, 1.82) is 0 Å². The van der Waals surface area contributed by atoms with E-state index in [4.69, 9.17) is 28.4 Å². The normalized spacial score (nSPS) is 13.6. The summed E-state index contributed by atoms with van der Waals surface area (Å²) in [6, 6.07) is 7.13. The minimum absolute atomic E-state index is 0.122. The van der Waals surface area contributed by atoms with Crippen molar-refractivity contribution in [1.82, 2.24) is 0 Å². The van der Waals surface area contributed by atoms with Crippen LogP contribution in [0.3, 0.4) is 0 Å². The van der Waals surface area contributed by atoms with E-state index in [1.54, 1.807) is 32.4 Å². The van der Waals surface area contributed by atoms with Crippen molar-refractivity contribution in [2.24, 2.45) is 0 Å². The molecule has 2 aliphatic rings. The molecule has 0 radical (unpaired) electrons. The van der Waals surface area contributed by atoms with Crippen LogP contribution in [0.15, 0.2) is 24.3 Å². The van der Waals surface area contributed by atoms with E-state index >= 15 is 0 Å². The second kappa shape index (κ2) is 4.37. The summed E-state index contributed by atoms with van der Waals surface area (Å²) in [7, 11) is 3.14. The number of ether oxygens (including phenoxy) is 6. The first-order chi connectivity index (χ1) is 10.3. The first kappa shape index (κ1) is 12.0. The smallest absolute Gasteiger partial charge is 0.231 e. The van der Waals surface area contributed by atoms with Crippen LogP contribution in [-0.4, -0.2) is 21.0 Å². The molecule has 0 spiro atoms. The van der Waals surface area contributed by atoms with Gasteiger partial charge in [0.1, 0.15) is 0 Å². The molecule has 108 valence electrons. The number of para-hydroxylation sites is 1. The van der Waals surface area contributed by atoms with Gasteiger partial charge in [-0.3, -0.25) is 0 Å². The van der Waals surface area contributed by atoms with Crippen LogP contribution in [0.25, 0.3) is 0 Å². The zero-order chi connectivity index (χ0) is 14.4. The van der Waals surface area contributed by atoms with Crippen LogP contribution < -0.4 is 28.4 Å². The predicted molar refractivity (Wildman–Crippen MR) is 72.3 cm³/mol. The number of rotatable bonds is 2. The average Bonchev–Trinajstić information content (AvgIpc) is 3.01. The fourth-order valence-corrected chi connectivity index (χ4v) is 2.37. The van der Waals surface area contributed by atoms with Gasteiger partial charge in [0.25, 0.3) is 0 Å². The lowest BCUT2D eigenvalue weighted by atomic mass is 10.2. The Morgan fingerprint density at radius 2 is 1.57 bits per heavy atom. The van der Waals surface area contributed by atoms with Crippen LogP contribution >= 0.6 is 0 Å². The lowest BCUT2D eigenvalue weighted by Crippen LogP contribution is -2.02. The SMILES string of the molecule is COc1cccc2c1Oc1cc(OC)c3c(c1O2)OCO3. The minimum atomic E-state index is 0.122. The van der Waals surface area contributed by atoms with Gasteiger partial charge in [0.15, 0.2) is 23.0 Å². The highest BCUT2D eigenvalue weighted by atomic mass is 16.7. The van der Waals surface area contributed by atoms with Gasteiger partial charge in [0.05, 0.1) is 14.2 Å². The van der Waals surface area contributed by atoms with E-state index in [0.717, 1.165) is 0 Å². The van der Waals surface area contributed by atoms with Crippen LogP contribution in [-0.2, 0) is 0 Å². The molecule has 0 saturated heterocycles. The standard InChI is InChI=1S/C15H12O6/c1-16-8-4-3-5-9-12(8)21-11-6-10(17-2)13-15(14(11)20-9)19-7-18-13/h3-6H,7H2,1-2H3. The Morgan fingerprint density at radius 1 is 0.810 bits per heavy atom. The molecular formula is C15H12O6. The highest BCUT2D eigenvalue weighted by molar-refractivity contribution is 5.71. The third kappa shape index (κ3) is 1.65. The first-order valence-electron chi connectivity index (χ1n) is 6.35. The highest BCUT2D eigenvalue weighted by Crippen LogP contribution is 2.59. The topological polar surface area (TPSA) is 55.4 Å². The molecule has 2 aromatic carbocycles. The molecule has 4 rings (SSSR count). The van der Waals surface area contributed by atoms with Crippen LogP contribution in [0.4, 0.5) is 0 Å². The summed E-state index contributed by atoms with van der Waals surface area (Å²) >= 11 is 0. The summed E-state index contributed by atoms with van der Waals surface area (Å²) in [4.78, 5) is 0. The second-order valence-corrected chi connectivity index (χ2v) is 4.46. The van der Waals surface area contributed by atoms with Gasteiger partial charge in [-0.15, -0.1) is 0 Å². The highest BCUT2D eigenvalue weighted by Gasteiger charge is 2.33. The van der Waals surface area contributed by atoms with Crippen molar-refractivity contribution >= 4 is 0 Å². The van der Waals surface area contributed by atoms with E-state index in [1.807, 2.05) is 6.07 Å². The lowest BCUT2D eigenvalue weighted by molar-refractivity contribution is 0.168. The van der Waals surface area contributed by atoms with Gasteiger partial charge in [-0.25, -0.2) is 0 Å². The minimum Gasteiger partial charge on any atom is -0.493 e. The van der Waals surface area contributed by atoms with Crippen molar-refractivity contribution in [2.75, 3.05) is 21.0 Å². The van der Waals surface area contributed by atoms with E-state index in [-0.39, 0.29) is 6.79 Å². The number of fused-ring (bicyclic) bond motifs is 4. The molecule has 6 heteroatoms. The average molecular weight is 288 g/mol. The zero-order valence-electron chi connectivity index (χ0n) is 11.5. The molecule has 0 bridgehead atoms. The first-order valence-corrected chi connectivity index (χ1v) is 6.35. The van der Waals surface area contributed by atoms with Gasteiger partial charge in [0, 0.05) is 6.07 Å². The summed E-state index contributed by atoms with van der Waals surface area (Å²) in [6.45, 7) is 0.122. The number of benzene rings is 2. The molecule has 0 atom stereocenters. The van der Waals surface area contributed by atoms with Gasteiger partial charge < -0.3 is 28.4 Å². The summed E-state index contributed by atoms with van der Waals surface area (Å²) in [6.07, 6.45) is 0. The monoisotopic (exact) mass is 288 g/mol. The number of hydrogen-bond acceptors (Lipinski definition) is 6. The maximum atomic E-state index is 5.90. The molecule has 2 aliphatic heterocycles. The van der Waals surface area contributed by atoms with Crippen LogP contribution in [0.5, 0.6) is 46.0 Å². The van der Waals surface area contributed by atoms with E-state index in [0.29, 0.717) is 46.0 Å². The molecule has 6 nitrogen and oxygen atoms in total. The molecule has 0 saturated carbocycles. The Labute approximate surface area is 120 Å². The fourth-order valence-electron chi connectivity index (χ4n) is 2.37. The predicted octanol–water partition coefficient (Wildman–Crippen LogP) is 3.33. The Kier molecular flexibility index (Phi) is 2.50. The van der Waals surface area contributed by atoms with Crippen molar-refractivity contribution in [3.05, 3.63) is 24.3 Å². The van der Waals surface area contributed by atoms with Gasteiger partial charge in [-0.2, -0.15) is 0 Å². The fraction of sp³-hybridized carbons (Fsp3) is 0.200. The third-order valence-electron chi connectivity index (χ3n) is 3.34. The molecule has 0 N–H and O–H groups in total. The van der Waals surface area contributed by atoms with Gasteiger partial charge in [-0.05, 0) is 12.1 Å². The quantitative estimate of drug-likeness (QED) is 0.721. The second-order valence-electron chi connectivity index (χ2n) is 4.46. The number of methoxy groups -OCH3 is 2.